The lowest BCUT2D eigenvalue weighted by Crippen LogP contribution is -2.49. The van der Waals surface area contributed by atoms with Gasteiger partial charge in [0.05, 0.1) is 18.1 Å². The average molecular weight is 336 g/mol. The molecule has 6 nitrogen and oxygen atoms in total. The number of hydrogen-bond donors (Lipinski definition) is 1. The second kappa shape index (κ2) is 6.22. The normalized spacial score (nSPS) is 23.4. The maximum atomic E-state index is 11.7. The molecule has 2 aromatic heterocycles. The summed E-state index contributed by atoms with van der Waals surface area (Å²) in [6.45, 7) is 6.07. The number of imidazole rings is 1. The first-order valence-corrected chi connectivity index (χ1v) is 9.81. The minimum Gasteiger partial charge on any atom is -0.308 e. The Bertz CT molecular complexity index is 800. The number of hydrogen-bond acceptors (Lipinski definition) is 4. The Kier molecular flexibility index (Phi) is 4.44. The van der Waals surface area contributed by atoms with Crippen LogP contribution < -0.4 is 5.32 Å². The van der Waals surface area contributed by atoms with Crippen LogP contribution in [0.2, 0.25) is 0 Å². The molecule has 0 bridgehead atoms. The van der Waals surface area contributed by atoms with Crippen molar-refractivity contribution < 1.29 is 8.42 Å². The van der Waals surface area contributed by atoms with E-state index in [1.807, 2.05) is 18.5 Å². The molecule has 1 N–H and O–H groups in total. The quantitative estimate of drug-likeness (QED) is 0.916. The number of nitrogens with one attached hydrogen (secondary N) is 1. The summed E-state index contributed by atoms with van der Waals surface area (Å²) in [4.78, 5) is 4.48. The molecule has 126 valence electrons. The first kappa shape index (κ1) is 16.4. The lowest BCUT2D eigenvalue weighted by Gasteiger charge is -2.36. The van der Waals surface area contributed by atoms with Crippen LogP contribution in [-0.2, 0) is 16.6 Å². The fourth-order valence-electron chi connectivity index (χ4n) is 3.28. The third-order valence-electron chi connectivity index (χ3n) is 4.69. The Morgan fingerprint density at radius 2 is 2.22 bits per heavy atom. The van der Waals surface area contributed by atoms with Crippen LogP contribution in [0.25, 0.3) is 5.65 Å². The summed E-state index contributed by atoms with van der Waals surface area (Å²) in [6, 6.07) is 4.41. The van der Waals surface area contributed by atoms with E-state index in [1.54, 1.807) is 4.31 Å². The number of nitrogens with zero attached hydrogens (tertiary/aromatic N) is 3. The van der Waals surface area contributed by atoms with Gasteiger partial charge in [0, 0.05) is 31.9 Å². The van der Waals surface area contributed by atoms with Gasteiger partial charge in [0.2, 0.25) is 10.0 Å². The number of sulfonamides is 1. The van der Waals surface area contributed by atoms with Gasteiger partial charge in [0.15, 0.2) is 0 Å². The molecule has 0 aromatic carbocycles. The van der Waals surface area contributed by atoms with E-state index in [1.165, 1.54) is 6.26 Å². The first-order valence-electron chi connectivity index (χ1n) is 7.96. The Morgan fingerprint density at radius 3 is 2.91 bits per heavy atom. The predicted octanol–water partition coefficient (Wildman–Crippen LogP) is 1.40. The molecule has 0 aliphatic carbocycles. The molecule has 2 atom stereocenters. The summed E-state index contributed by atoms with van der Waals surface area (Å²) in [5, 5.41) is 3.58. The maximum absolute atomic E-state index is 11.7. The number of piperidine rings is 1. The van der Waals surface area contributed by atoms with E-state index >= 15 is 0 Å². The zero-order valence-electron chi connectivity index (χ0n) is 13.9. The number of fused-ring (bicyclic) bond motifs is 1. The minimum atomic E-state index is -3.08. The molecule has 3 rings (SSSR count). The standard InChI is InChI=1S/C16H24N4O2S/c1-12-5-4-7-20-14(10-18-16(12)20)9-17-15-6-8-19(11-13(15)2)23(3,21)22/h4-5,7,10,13,15,17H,6,8-9,11H2,1-3H3/t13-,15+/m1/s1. The van der Waals surface area contributed by atoms with E-state index in [9.17, 15) is 8.42 Å². The summed E-state index contributed by atoms with van der Waals surface area (Å²) in [5.41, 5.74) is 3.28. The molecule has 0 radical (unpaired) electrons. The molecule has 23 heavy (non-hydrogen) atoms. The molecule has 1 aliphatic heterocycles. The smallest absolute Gasteiger partial charge is 0.211 e. The van der Waals surface area contributed by atoms with Gasteiger partial charge in [-0.2, -0.15) is 0 Å². The monoisotopic (exact) mass is 336 g/mol. The molecule has 0 spiro atoms. The van der Waals surface area contributed by atoms with Crippen molar-refractivity contribution in [2.24, 2.45) is 5.92 Å². The van der Waals surface area contributed by atoms with E-state index < -0.39 is 10.0 Å². The molecule has 7 heteroatoms. The zero-order valence-corrected chi connectivity index (χ0v) is 14.7. The molecule has 0 amide bonds. The van der Waals surface area contributed by atoms with E-state index in [2.05, 4.69) is 34.6 Å². The fraction of sp³-hybridized carbons (Fsp3) is 0.562. The van der Waals surface area contributed by atoms with E-state index in [0.29, 0.717) is 25.0 Å². The van der Waals surface area contributed by atoms with Crippen LogP contribution in [0.5, 0.6) is 0 Å². The molecule has 0 saturated carbocycles. The van der Waals surface area contributed by atoms with Crippen molar-refractivity contribution >= 4 is 15.7 Å². The van der Waals surface area contributed by atoms with Gasteiger partial charge in [-0.25, -0.2) is 17.7 Å². The van der Waals surface area contributed by atoms with Crippen LogP contribution >= 0.6 is 0 Å². The van der Waals surface area contributed by atoms with Crippen LogP contribution in [0.4, 0.5) is 0 Å². The number of pyridine rings is 1. The summed E-state index contributed by atoms with van der Waals surface area (Å²) in [6.07, 6.45) is 6.06. The maximum Gasteiger partial charge on any atom is 0.211 e. The van der Waals surface area contributed by atoms with Crippen molar-refractivity contribution in [1.82, 2.24) is 19.0 Å². The van der Waals surface area contributed by atoms with Crippen molar-refractivity contribution in [2.45, 2.75) is 32.9 Å². The van der Waals surface area contributed by atoms with Crippen molar-refractivity contribution in [3.8, 4) is 0 Å². The number of aromatic nitrogens is 2. The van der Waals surface area contributed by atoms with E-state index in [0.717, 1.165) is 29.9 Å². The van der Waals surface area contributed by atoms with Crippen molar-refractivity contribution in [3.05, 3.63) is 35.8 Å². The third kappa shape index (κ3) is 3.41. The van der Waals surface area contributed by atoms with Gasteiger partial charge in [0.1, 0.15) is 5.65 Å². The molecule has 0 unspecified atom stereocenters. The topological polar surface area (TPSA) is 66.7 Å². The summed E-state index contributed by atoms with van der Waals surface area (Å²) >= 11 is 0. The van der Waals surface area contributed by atoms with Gasteiger partial charge in [-0.1, -0.05) is 13.0 Å². The summed E-state index contributed by atoms with van der Waals surface area (Å²) < 4.78 is 27.0. The highest BCUT2D eigenvalue weighted by Crippen LogP contribution is 2.19. The zero-order chi connectivity index (χ0) is 16.6. The van der Waals surface area contributed by atoms with E-state index in [-0.39, 0.29) is 0 Å². The second-order valence-electron chi connectivity index (χ2n) is 6.51. The highest BCUT2D eigenvalue weighted by Gasteiger charge is 2.30. The Labute approximate surface area is 137 Å². The Morgan fingerprint density at radius 1 is 1.43 bits per heavy atom. The van der Waals surface area contributed by atoms with Gasteiger partial charge >= 0.3 is 0 Å². The highest BCUT2D eigenvalue weighted by molar-refractivity contribution is 7.88. The van der Waals surface area contributed by atoms with Crippen LogP contribution in [0.3, 0.4) is 0 Å². The first-order chi connectivity index (χ1) is 10.9. The molecule has 1 fully saturated rings. The van der Waals surface area contributed by atoms with E-state index in [4.69, 9.17) is 0 Å². The lowest BCUT2D eigenvalue weighted by molar-refractivity contribution is 0.219. The fourth-order valence-corrected chi connectivity index (χ4v) is 4.22. The highest BCUT2D eigenvalue weighted by atomic mass is 32.2. The van der Waals surface area contributed by atoms with Crippen molar-refractivity contribution in [3.63, 3.8) is 0 Å². The van der Waals surface area contributed by atoms with Gasteiger partial charge in [-0.05, 0) is 30.9 Å². The second-order valence-corrected chi connectivity index (χ2v) is 8.49. The summed E-state index contributed by atoms with van der Waals surface area (Å²) in [7, 11) is -3.08. The van der Waals surface area contributed by atoms with Gasteiger partial charge in [0.25, 0.3) is 0 Å². The van der Waals surface area contributed by atoms with Crippen LogP contribution in [-0.4, -0.2) is 47.5 Å². The van der Waals surface area contributed by atoms with Gasteiger partial charge < -0.3 is 9.72 Å². The molecule has 2 aromatic rings. The van der Waals surface area contributed by atoms with Gasteiger partial charge in [-0.15, -0.1) is 0 Å². The van der Waals surface area contributed by atoms with Crippen molar-refractivity contribution in [2.75, 3.05) is 19.3 Å². The molecule has 3 heterocycles. The molecule has 1 saturated heterocycles. The average Bonchev–Trinajstić information content (AvgIpc) is 2.89. The largest absolute Gasteiger partial charge is 0.308 e. The number of rotatable bonds is 4. The molecular formula is C16H24N4O2S. The Hall–Kier alpha value is -1.44. The van der Waals surface area contributed by atoms with Crippen LogP contribution in [0, 0.1) is 12.8 Å². The van der Waals surface area contributed by atoms with Crippen molar-refractivity contribution in [1.29, 1.82) is 0 Å². The van der Waals surface area contributed by atoms with Gasteiger partial charge in [-0.3, -0.25) is 0 Å². The van der Waals surface area contributed by atoms with Crippen LogP contribution in [0.1, 0.15) is 24.6 Å². The number of aryl methyl sites for hydroxylation is 1. The Balaban J connectivity index is 1.66. The predicted molar refractivity (Wildman–Crippen MR) is 90.8 cm³/mol. The summed E-state index contributed by atoms with van der Waals surface area (Å²) in [5.74, 6) is 0.291. The van der Waals surface area contributed by atoms with Crippen LogP contribution in [0.15, 0.2) is 24.5 Å². The third-order valence-corrected chi connectivity index (χ3v) is 5.96. The molecule has 1 aliphatic rings. The SMILES string of the molecule is Cc1cccn2c(CN[C@H]3CCN(S(C)(=O)=O)C[C@H]3C)cnc12. The lowest BCUT2D eigenvalue weighted by atomic mass is 9.95. The molecular weight excluding hydrogens is 312 g/mol. The minimum absolute atomic E-state index is 0.291.